The van der Waals surface area contributed by atoms with Gasteiger partial charge in [0.15, 0.2) is 0 Å². The Morgan fingerprint density at radius 3 is 1.25 bits per heavy atom. The molecule has 0 fully saturated rings. The van der Waals surface area contributed by atoms with Crippen LogP contribution < -0.4 is 20.4 Å². The molecule has 0 rings (SSSR count). The van der Waals surface area contributed by atoms with Crippen LogP contribution in [0.15, 0.2) is 0 Å². The van der Waals surface area contributed by atoms with Gasteiger partial charge in [-0.2, -0.15) is 7.82 Å². The van der Waals surface area contributed by atoms with Gasteiger partial charge in [-0.25, -0.2) is 0 Å². The second kappa shape index (κ2) is 7.13. The van der Waals surface area contributed by atoms with Crippen molar-refractivity contribution < 1.29 is 19.2 Å². The van der Waals surface area contributed by atoms with E-state index in [-0.39, 0.29) is 8.41 Å². The molecule has 0 spiro atoms. The fourth-order valence-electron chi connectivity index (χ4n) is 0. The van der Waals surface area contributed by atoms with Crippen LogP contribution in [0.5, 0.6) is 0 Å². The quantitative estimate of drug-likeness (QED) is 0.273. The molecule has 7 heteroatoms. The molecule has 0 aliphatic rings. The smallest absolute Gasteiger partial charge is 0.822 e. The van der Waals surface area contributed by atoms with E-state index in [9.17, 15) is 0 Å². The molecule has 46 valence electrons. The minimum Gasteiger partial charge on any atom is -0.822 e. The zero-order chi connectivity index (χ0) is 6.50. The number of phosphoric acid groups is 1. The van der Waals surface area contributed by atoms with E-state index in [1.807, 2.05) is 0 Å². The van der Waals surface area contributed by atoms with Gasteiger partial charge in [0.05, 0.1) is 0 Å². The Balaban J connectivity index is -0.0000000750. The summed E-state index contributed by atoms with van der Waals surface area (Å²) in [7, 11) is -3.89. The summed E-state index contributed by atoms with van der Waals surface area (Å²) < 4.78 is 8.55. The third-order valence-corrected chi connectivity index (χ3v) is 0. The van der Waals surface area contributed by atoms with Crippen LogP contribution in [0.25, 0.3) is 0 Å². The Bertz CT molecular complexity index is 62.2. The monoisotopic (exact) mass is 137 g/mol. The summed E-state index contributed by atoms with van der Waals surface area (Å²) in [6, 6.07) is 0. The van der Waals surface area contributed by atoms with Crippen molar-refractivity contribution in [2.24, 2.45) is 5.73 Å². The summed E-state index contributed by atoms with van der Waals surface area (Å²) in [5.74, 6) is 0. The Kier molecular flexibility index (Phi) is 14.0. The van der Waals surface area contributed by atoms with Gasteiger partial charge in [-0.1, -0.05) is 0 Å². The summed E-state index contributed by atoms with van der Waals surface area (Å²) in [4.78, 5) is 25.6. The SMILES string of the molecule is CN.O=P([O-])([O-])[O-].[B+3]. The molecule has 5 nitrogen and oxygen atoms in total. The molecule has 0 aliphatic heterocycles. The normalized spacial score (nSPS) is 8.12. The first-order valence-corrected chi connectivity index (χ1v) is 2.77. The number of hydrogen-bond donors (Lipinski definition) is 1. The molecule has 0 aromatic heterocycles. The standard InChI is InChI=1S/CH5N.B.H3O4P/c1-2;;1-5(2,3)4/h2H2,1H3;;(H3,1,2,3,4)/q;+3;/p-3. The van der Waals surface area contributed by atoms with Crippen molar-refractivity contribution in [3.63, 3.8) is 0 Å². The first-order valence-electron chi connectivity index (χ1n) is 1.31. The largest absolute Gasteiger partial charge is 3.00 e. The van der Waals surface area contributed by atoms with E-state index in [1.54, 1.807) is 0 Å². The van der Waals surface area contributed by atoms with Crippen molar-refractivity contribution in [2.45, 2.75) is 0 Å². The van der Waals surface area contributed by atoms with Crippen molar-refractivity contribution in [1.82, 2.24) is 0 Å². The average Bonchev–Trinajstić information content (AvgIpc) is 1.36. The Morgan fingerprint density at radius 1 is 1.25 bits per heavy atom. The first kappa shape index (κ1) is 15.7. The van der Waals surface area contributed by atoms with E-state index in [2.05, 4.69) is 5.73 Å². The summed E-state index contributed by atoms with van der Waals surface area (Å²) in [6.45, 7) is 0. The van der Waals surface area contributed by atoms with Crippen LogP contribution in [-0.2, 0) is 4.57 Å². The third-order valence-electron chi connectivity index (χ3n) is 0. The van der Waals surface area contributed by atoms with Gasteiger partial charge in [0.2, 0.25) is 0 Å². The molecular formula is CH5BNO4P. The Morgan fingerprint density at radius 2 is 1.25 bits per heavy atom. The van der Waals surface area contributed by atoms with Crippen molar-refractivity contribution >= 4 is 16.2 Å². The zero-order valence-electron chi connectivity index (χ0n) is 4.23. The summed E-state index contributed by atoms with van der Waals surface area (Å²) in [5, 5.41) is 0. The fraction of sp³-hybridized carbons (Fsp3) is 1.00. The Labute approximate surface area is 49.3 Å². The van der Waals surface area contributed by atoms with Gasteiger partial charge in [-0.15, -0.1) is 0 Å². The van der Waals surface area contributed by atoms with Crippen LogP contribution in [0.4, 0.5) is 0 Å². The van der Waals surface area contributed by atoms with E-state index in [0.29, 0.717) is 0 Å². The van der Waals surface area contributed by atoms with Gasteiger partial charge >= 0.3 is 8.41 Å². The molecule has 0 heterocycles. The number of rotatable bonds is 0. The predicted octanol–water partition coefficient (Wildman–Crippen LogP) is -3.63. The molecular weight excluding hydrogens is 132 g/mol. The maximum atomic E-state index is 8.55. The van der Waals surface area contributed by atoms with Gasteiger partial charge in [0.25, 0.3) is 0 Å². The predicted molar refractivity (Wildman–Crippen MR) is 23.5 cm³/mol. The van der Waals surface area contributed by atoms with E-state index < -0.39 is 7.82 Å². The first-order chi connectivity index (χ1) is 3.00. The van der Waals surface area contributed by atoms with Gasteiger partial charge in [0, 0.05) is 0 Å². The third kappa shape index (κ3) is 8880. The topological polar surface area (TPSA) is 112 Å². The second-order valence-corrected chi connectivity index (χ2v) is 1.34. The summed E-state index contributed by atoms with van der Waals surface area (Å²) in [5.41, 5.74) is 4.50. The molecule has 0 unspecified atom stereocenters. The number of nitrogens with two attached hydrogens (primary N) is 1. The van der Waals surface area contributed by atoms with Gasteiger partial charge in [-0.05, 0) is 7.05 Å². The molecule has 0 saturated carbocycles. The minimum absolute atomic E-state index is 0. The minimum atomic E-state index is -5.39. The van der Waals surface area contributed by atoms with Crippen molar-refractivity contribution in [1.29, 1.82) is 0 Å². The molecule has 0 atom stereocenters. The van der Waals surface area contributed by atoms with Crippen molar-refractivity contribution in [3.8, 4) is 0 Å². The van der Waals surface area contributed by atoms with Crippen LogP contribution in [0.1, 0.15) is 0 Å². The average molecular weight is 137 g/mol. The van der Waals surface area contributed by atoms with Crippen molar-refractivity contribution in [3.05, 3.63) is 0 Å². The van der Waals surface area contributed by atoms with Crippen LogP contribution >= 0.6 is 7.82 Å². The summed E-state index contributed by atoms with van der Waals surface area (Å²) in [6.07, 6.45) is 0. The molecule has 0 aromatic rings. The second-order valence-electron chi connectivity index (χ2n) is 0.447. The van der Waals surface area contributed by atoms with Crippen LogP contribution in [-0.4, -0.2) is 15.5 Å². The fourth-order valence-corrected chi connectivity index (χ4v) is 0. The van der Waals surface area contributed by atoms with Crippen LogP contribution in [0.3, 0.4) is 0 Å². The number of hydrogen-bond acceptors (Lipinski definition) is 5. The van der Waals surface area contributed by atoms with Gasteiger partial charge in [-0.3, -0.25) is 0 Å². The molecule has 0 bridgehead atoms. The molecule has 8 heavy (non-hydrogen) atoms. The van der Waals surface area contributed by atoms with Crippen LogP contribution in [0, 0.1) is 0 Å². The van der Waals surface area contributed by atoms with Gasteiger partial charge < -0.3 is 25.0 Å². The summed E-state index contributed by atoms with van der Waals surface area (Å²) >= 11 is 0. The van der Waals surface area contributed by atoms with E-state index in [4.69, 9.17) is 19.2 Å². The molecule has 2 N–H and O–H groups in total. The van der Waals surface area contributed by atoms with Crippen molar-refractivity contribution in [2.75, 3.05) is 7.05 Å². The maximum Gasteiger partial charge on any atom is 3.00 e. The van der Waals surface area contributed by atoms with E-state index in [0.717, 1.165) is 0 Å². The molecule has 0 saturated heterocycles. The maximum absolute atomic E-state index is 8.55. The van der Waals surface area contributed by atoms with Crippen LogP contribution in [0.2, 0.25) is 0 Å². The molecule has 0 amide bonds. The van der Waals surface area contributed by atoms with Gasteiger partial charge in [0.1, 0.15) is 0 Å². The van der Waals surface area contributed by atoms with E-state index >= 15 is 0 Å². The molecule has 0 aromatic carbocycles. The Hall–Kier alpha value is 0.135. The zero-order valence-corrected chi connectivity index (χ0v) is 5.13. The molecule has 0 radical (unpaired) electrons. The van der Waals surface area contributed by atoms with E-state index in [1.165, 1.54) is 7.05 Å². The molecule has 0 aliphatic carbocycles.